The minimum atomic E-state index is 0.509. The third-order valence-corrected chi connectivity index (χ3v) is 3.92. The van der Waals surface area contributed by atoms with Gasteiger partial charge in [-0.05, 0) is 24.8 Å². The molecular weight excluding hydrogens is 246 g/mol. The van der Waals surface area contributed by atoms with Gasteiger partial charge >= 0.3 is 0 Å². The summed E-state index contributed by atoms with van der Waals surface area (Å²) in [5, 5.41) is 8.26. The van der Waals surface area contributed by atoms with Gasteiger partial charge in [0.05, 0.1) is 12.2 Å². The summed E-state index contributed by atoms with van der Waals surface area (Å²) in [4.78, 5) is 0. The van der Waals surface area contributed by atoms with Crippen molar-refractivity contribution in [3.8, 4) is 0 Å². The van der Waals surface area contributed by atoms with E-state index in [1.54, 1.807) is 0 Å². The van der Waals surface area contributed by atoms with Gasteiger partial charge in [-0.3, -0.25) is 0 Å². The smallest absolute Gasteiger partial charge is 0.124 e. The minimum Gasteiger partial charge on any atom is -0.370 e. The number of nitrogens with zero attached hydrogens (tertiary/aromatic N) is 2. The number of fused-ring (bicyclic) bond motifs is 1. The van der Waals surface area contributed by atoms with Crippen molar-refractivity contribution in [1.29, 1.82) is 0 Å². The van der Waals surface area contributed by atoms with Crippen LogP contribution in [-0.2, 0) is 13.0 Å². The molecule has 3 nitrogen and oxygen atoms in total. The lowest BCUT2D eigenvalue weighted by atomic mass is 9.97. The van der Waals surface area contributed by atoms with Crippen LogP contribution in [0.1, 0.15) is 36.6 Å². The van der Waals surface area contributed by atoms with Gasteiger partial charge in [-0.1, -0.05) is 43.7 Å². The fourth-order valence-corrected chi connectivity index (χ4v) is 2.83. The van der Waals surface area contributed by atoms with Crippen molar-refractivity contribution in [2.24, 2.45) is 5.92 Å². The van der Waals surface area contributed by atoms with Crippen LogP contribution in [0.2, 0.25) is 0 Å². The molecule has 1 atom stereocenters. The van der Waals surface area contributed by atoms with E-state index in [-0.39, 0.29) is 0 Å². The number of anilines is 1. The van der Waals surface area contributed by atoms with E-state index in [2.05, 4.69) is 61.1 Å². The van der Waals surface area contributed by atoms with Gasteiger partial charge in [0.1, 0.15) is 5.82 Å². The van der Waals surface area contributed by atoms with Crippen molar-refractivity contribution in [2.45, 2.75) is 39.7 Å². The van der Waals surface area contributed by atoms with E-state index in [1.807, 2.05) is 0 Å². The summed E-state index contributed by atoms with van der Waals surface area (Å²) >= 11 is 0. The number of hydrogen-bond donors (Lipinski definition) is 1. The second-order valence-electron chi connectivity index (χ2n) is 6.29. The number of rotatable bonds is 3. The molecule has 2 aromatic rings. The molecule has 3 heteroatoms. The third kappa shape index (κ3) is 2.72. The van der Waals surface area contributed by atoms with E-state index >= 15 is 0 Å². The largest absolute Gasteiger partial charge is 0.370 e. The Kier molecular flexibility index (Phi) is 3.51. The molecule has 1 aromatic heterocycles. The van der Waals surface area contributed by atoms with Crippen LogP contribution in [0.3, 0.4) is 0 Å². The highest BCUT2D eigenvalue weighted by Crippen LogP contribution is 2.26. The maximum Gasteiger partial charge on any atom is 0.124 e. The van der Waals surface area contributed by atoms with Crippen molar-refractivity contribution < 1.29 is 0 Å². The van der Waals surface area contributed by atoms with E-state index in [0.29, 0.717) is 11.8 Å². The van der Waals surface area contributed by atoms with Crippen LogP contribution in [-0.4, -0.2) is 16.3 Å². The predicted octanol–water partition coefficient (Wildman–Crippen LogP) is 3.60. The Morgan fingerprint density at radius 3 is 2.75 bits per heavy atom. The number of aromatic nitrogens is 2. The standard InChI is InChI=1S/C17H23N3/c1-12(2)8-16-9-17-18-10-15(11-20(17)19-16)14-6-4-13(3)5-7-14/h4-7,9,12,15,18H,8,10-11H2,1-3H3. The van der Waals surface area contributed by atoms with E-state index in [0.717, 1.165) is 19.5 Å². The zero-order valence-electron chi connectivity index (χ0n) is 12.6. The summed E-state index contributed by atoms with van der Waals surface area (Å²) in [6.45, 7) is 8.58. The zero-order valence-corrected chi connectivity index (χ0v) is 12.6. The summed E-state index contributed by atoms with van der Waals surface area (Å²) in [5.74, 6) is 2.33. The van der Waals surface area contributed by atoms with Gasteiger partial charge < -0.3 is 5.32 Å². The highest BCUT2D eigenvalue weighted by atomic mass is 15.3. The van der Waals surface area contributed by atoms with Gasteiger partial charge in [-0.25, -0.2) is 4.68 Å². The third-order valence-electron chi connectivity index (χ3n) is 3.92. The summed E-state index contributed by atoms with van der Waals surface area (Å²) < 4.78 is 2.13. The second kappa shape index (κ2) is 5.31. The van der Waals surface area contributed by atoms with Gasteiger partial charge in [0, 0.05) is 18.5 Å². The fraction of sp³-hybridized carbons (Fsp3) is 0.471. The first-order chi connectivity index (χ1) is 9.61. The SMILES string of the molecule is Cc1ccc(C2CNc3cc(CC(C)C)nn3C2)cc1. The van der Waals surface area contributed by atoms with Crippen molar-refractivity contribution >= 4 is 5.82 Å². The first-order valence-electron chi connectivity index (χ1n) is 7.49. The molecular formula is C17H23N3. The molecule has 0 radical (unpaired) electrons. The lowest BCUT2D eigenvalue weighted by Crippen LogP contribution is -2.26. The van der Waals surface area contributed by atoms with Crippen LogP contribution in [0.5, 0.6) is 0 Å². The van der Waals surface area contributed by atoms with Gasteiger partial charge in [0.25, 0.3) is 0 Å². The molecule has 1 aromatic carbocycles. The second-order valence-corrected chi connectivity index (χ2v) is 6.29. The molecule has 0 amide bonds. The lowest BCUT2D eigenvalue weighted by molar-refractivity contribution is 0.497. The lowest BCUT2D eigenvalue weighted by Gasteiger charge is -2.25. The summed E-state index contributed by atoms with van der Waals surface area (Å²) in [6, 6.07) is 11.1. The predicted molar refractivity (Wildman–Crippen MR) is 83.2 cm³/mol. The Hall–Kier alpha value is -1.77. The van der Waals surface area contributed by atoms with Crippen LogP contribution >= 0.6 is 0 Å². The molecule has 3 rings (SSSR count). The van der Waals surface area contributed by atoms with Crippen molar-refractivity contribution in [3.05, 3.63) is 47.2 Å². The van der Waals surface area contributed by atoms with Crippen LogP contribution in [0.25, 0.3) is 0 Å². The number of nitrogens with one attached hydrogen (secondary N) is 1. The Bertz CT molecular complexity index is 581. The highest BCUT2D eigenvalue weighted by molar-refractivity contribution is 5.41. The molecule has 0 saturated carbocycles. The first-order valence-corrected chi connectivity index (χ1v) is 7.49. The molecule has 0 saturated heterocycles. The van der Waals surface area contributed by atoms with E-state index in [1.165, 1.54) is 22.6 Å². The fourth-order valence-electron chi connectivity index (χ4n) is 2.83. The molecule has 1 aliphatic rings. The quantitative estimate of drug-likeness (QED) is 0.922. The Labute approximate surface area is 121 Å². The van der Waals surface area contributed by atoms with Crippen molar-refractivity contribution in [1.82, 2.24) is 9.78 Å². The van der Waals surface area contributed by atoms with Gasteiger partial charge in [-0.15, -0.1) is 0 Å². The van der Waals surface area contributed by atoms with E-state index in [4.69, 9.17) is 5.10 Å². The molecule has 0 aliphatic carbocycles. The summed E-state index contributed by atoms with van der Waals surface area (Å²) in [5.41, 5.74) is 3.92. The van der Waals surface area contributed by atoms with Crippen LogP contribution in [0.15, 0.2) is 30.3 Å². The Balaban J connectivity index is 1.77. The van der Waals surface area contributed by atoms with Crippen LogP contribution < -0.4 is 5.32 Å². The maximum atomic E-state index is 4.74. The van der Waals surface area contributed by atoms with Crippen LogP contribution in [0, 0.1) is 12.8 Å². The van der Waals surface area contributed by atoms with E-state index in [9.17, 15) is 0 Å². The molecule has 106 valence electrons. The molecule has 2 heterocycles. The van der Waals surface area contributed by atoms with Crippen molar-refractivity contribution in [2.75, 3.05) is 11.9 Å². The van der Waals surface area contributed by atoms with Crippen molar-refractivity contribution in [3.63, 3.8) is 0 Å². The zero-order chi connectivity index (χ0) is 14.1. The number of hydrogen-bond acceptors (Lipinski definition) is 2. The number of benzene rings is 1. The highest BCUT2D eigenvalue weighted by Gasteiger charge is 2.21. The Morgan fingerprint density at radius 1 is 1.30 bits per heavy atom. The molecule has 0 fully saturated rings. The molecule has 20 heavy (non-hydrogen) atoms. The maximum absolute atomic E-state index is 4.74. The molecule has 1 unspecified atom stereocenters. The minimum absolute atomic E-state index is 0.509. The van der Waals surface area contributed by atoms with E-state index < -0.39 is 0 Å². The normalized spacial score (nSPS) is 17.9. The average Bonchev–Trinajstić information content (AvgIpc) is 2.79. The topological polar surface area (TPSA) is 29.9 Å². The van der Waals surface area contributed by atoms with Gasteiger partial charge in [0.2, 0.25) is 0 Å². The number of aryl methyl sites for hydroxylation is 1. The average molecular weight is 269 g/mol. The monoisotopic (exact) mass is 269 g/mol. The summed E-state index contributed by atoms with van der Waals surface area (Å²) in [6.07, 6.45) is 1.05. The molecule has 1 N–H and O–H groups in total. The van der Waals surface area contributed by atoms with Crippen LogP contribution in [0.4, 0.5) is 5.82 Å². The first kappa shape index (κ1) is 13.2. The molecule has 0 spiro atoms. The molecule has 0 bridgehead atoms. The summed E-state index contributed by atoms with van der Waals surface area (Å²) in [7, 11) is 0. The molecule has 1 aliphatic heterocycles. The van der Waals surface area contributed by atoms with Gasteiger partial charge in [0.15, 0.2) is 0 Å². The van der Waals surface area contributed by atoms with Gasteiger partial charge in [-0.2, -0.15) is 5.10 Å². The Morgan fingerprint density at radius 2 is 2.05 bits per heavy atom.